The minimum Gasteiger partial charge on any atom is -0.368 e. The van der Waals surface area contributed by atoms with E-state index in [1.54, 1.807) is 6.07 Å². The van der Waals surface area contributed by atoms with Crippen LogP contribution in [0.3, 0.4) is 0 Å². The number of fused-ring (bicyclic) bond motifs is 1. The van der Waals surface area contributed by atoms with E-state index in [4.69, 9.17) is 0 Å². The molecule has 0 amide bonds. The summed E-state index contributed by atoms with van der Waals surface area (Å²) in [5.41, 5.74) is 0.689. The molecule has 2 heterocycles. The van der Waals surface area contributed by atoms with Crippen LogP contribution in [0, 0.1) is 0 Å². The SMILES string of the molecule is CN1CCN(c2cccc3[nH]c(=O)[nH]c(=O)c23)CC1. The van der Waals surface area contributed by atoms with Gasteiger partial charge in [0.1, 0.15) is 0 Å². The number of anilines is 1. The molecule has 0 aliphatic carbocycles. The lowest BCUT2D eigenvalue weighted by Crippen LogP contribution is -2.44. The maximum Gasteiger partial charge on any atom is 0.326 e. The third-order valence-corrected chi connectivity index (χ3v) is 3.59. The molecule has 0 radical (unpaired) electrons. The van der Waals surface area contributed by atoms with Crippen molar-refractivity contribution in [3.8, 4) is 0 Å². The second-order valence-electron chi connectivity index (χ2n) is 4.90. The van der Waals surface area contributed by atoms with Crippen LogP contribution in [0.5, 0.6) is 0 Å². The first-order chi connectivity index (χ1) is 9.15. The number of hydrogen-bond acceptors (Lipinski definition) is 4. The number of aromatic amines is 2. The van der Waals surface area contributed by atoms with Crippen LogP contribution in [0.15, 0.2) is 27.8 Å². The van der Waals surface area contributed by atoms with Crippen molar-refractivity contribution in [3.05, 3.63) is 39.0 Å². The highest BCUT2D eigenvalue weighted by Crippen LogP contribution is 2.22. The Morgan fingerprint density at radius 2 is 1.79 bits per heavy atom. The normalized spacial score (nSPS) is 17.0. The maximum absolute atomic E-state index is 12.0. The zero-order valence-corrected chi connectivity index (χ0v) is 10.8. The standard InChI is InChI=1S/C13H16N4O2/c1-16-5-7-17(8-6-16)10-4-2-3-9-11(10)12(18)15-13(19)14-9/h2-4H,5-8H2,1H3,(H2,14,15,18,19). The van der Waals surface area contributed by atoms with E-state index in [-0.39, 0.29) is 5.56 Å². The molecule has 0 atom stereocenters. The number of piperazine rings is 1. The van der Waals surface area contributed by atoms with Crippen LogP contribution in [0.2, 0.25) is 0 Å². The molecule has 6 nitrogen and oxygen atoms in total. The molecule has 1 saturated heterocycles. The summed E-state index contributed by atoms with van der Waals surface area (Å²) in [5, 5.41) is 0.562. The average Bonchev–Trinajstić information content (AvgIpc) is 2.38. The molecule has 6 heteroatoms. The first kappa shape index (κ1) is 12.0. The van der Waals surface area contributed by atoms with Crippen molar-refractivity contribution >= 4 is 16.6 Å². The Morgan fingerprint density at radius 3 is 2.53 bits per heavy atom. The summed E-state index contributed by atoms with van der Waals surface area (Å²) in [6, 6.07) is 5.55. The van der Waals surface area contributed by atoms with Gasteiger partial charge in [0.15, 0.2) is 0 Å². The van der Waals surface area contributed by atoms with Crippen molar-refractivity contribution in [2.45, 2.75) is 0 Å². The smallest absolute Gasteiger partial charge is 0.326 e. The summed E-state index contributed by atoms with van der Waals surface area (Å²) in [7, 11) is 2.09. The fraction of sp³-hybridized carbons (Fsp3) is 0.385. The molecule has 19 heavy (non-hydrogen) atoms. The van der Waals surface area contributed by atoms with E-state index in [1.165, 1.54) is 0 Å². The quantitative estimate of drug-likeness (QED) is 0.755. The van der Waals surface area contributed by atoms with Gasteiger partial charge in [-0.25, -0.2) is 4.79 Å². The molecule has 1 fully saturated rings. The number of nitrogens with zero attached hydrogens (tertiary/aromatic N) is 2. The van der Waals surface area contributed by atoms with Crippen molar-refractivity contribution in [1.82, 2.24) is 14.9 Å². The fourth-order valence-electron chi connectivity index (χ4n) is 2.51. The summed E-state index contributed by atoms with van der Waals surface area (Å²) in [5.74, 6) is 0. The molecule has 1 aromatic heterocycles. The molecule has 2 N–H and O–H groups in total. The Labute approximate surface area is 109 Å². The lowest BCUT2D eigenvalue weighted by molar-refractivity contribution is 0.313. The van der Waals surface area contributed by atoms with Crippen molar-refractivity contribution in [2.75, 3.05) is 38.1 Å². The Hall–Kier alpha value is -2.08. The van der Waals surface area contributed by atoms with Gasteiger partial charge in [0, 0.05) is 26.2 Å². The van der Waals surface area contributed by atoms with Crippen LogP contribution in [-0.2, 0) is 0 Å². The summed E-state index contributed by atoms with van der Waals surface area (Å²) in [6.07, 6.45) is 0. The Bertz CT molecular complexity index is 710. The van der Waals surface area contributed by atoms with Crippen molar-refractivity contribution < 1.29 is 0 Å². The molecule has 3 rings (SSSR count). The highest BCUT2D eigenvalue weighted by molar-refractivity contribution is 5.90. The molecule has 100 valence electrons. The second-order valence-corrected chi connectivity index (χ2v) is 4.90. The number of benzene rings is 1. The summed E-state index contributed by atoms with van der Waals surface area (Å²) < 4.78 is 0. The van der Waals surface area contributed by atoms with E-state index < -0.39 is 5.69 Å². The summed E-state index contributed by atoms with van der Waals surface area (Å²) in [4.78, 5) is 32.7. The number of hydrogen-bond donors (Lipinski definition) is 2. The van der Waals surface area contributed by atoms with Gasteiger partial charge in [0.25, 0.3) is 5.56 Å². The van der Waals surface area contributed by atoms with E-state index in [0.717, 1.165) is 31.9 Å². The molecular formula is C13H16N4O2. The van der Waals surface area contributed by atoms with E-state index in [1.807, 2.05) is 12.1 Å². The number of aromatic nitrogens is 2. The van der Waals surface area contributed by atoms with Gasteiger partial charge in [-0.1, -0.05) is 6.07 Å². The molecule has 0 spiro atoms. The zero-order chi connectivity index (χ0) is 13.4. The third kappa shape index (κ3) is 2.15. The molecule has 1 aromatic carbocycles. The highest BCUT2D eigenvalue weighted by Gasteiger charge is 2.17. The predicted octanol–water partition coefficient (Wildman–Crippen LogP) is -0.0318. The van der Waals surface area contributed by atoms with Crippen LogP contribution < -0.4 is 16.1 Å². The Morgan fingerprint density at radius 1 is 1.05 bits per heavy atom. The lowest BCUT2D eigenvalue weighted by Gasteiger charge is -2.34. The number of rotatable bonds is 1. The van der Waals surface area contributed by atoms with Crippen molar-refractivity contribution in [2.24, 2.45) is 0 Å². The van der Waals surface area contributed by atoms with E-state index in [0.29, 0.717) is 10.9 Å². The van der Waals surface area contributed by atoms with Gasteiger partial charge in [-0.05, 0) is 19.2 Å². The van der Waals surface area contributed by atoms with E-state index in [9.17, 15) is 9.59 Å². The number of nitrogens with one attached hydrogen (secondary N) is 2. The van der Waals surface area contributed by atoms with Crippen molar-refractivity contribution in [1.29, 1.82) is 0 Å². The first-order valence-corrected chi connectivity index (χ1v) is 6.34. The zero-order valence-electron chi connectivity index (χ0n) is 10.8. The van der Waals surface area contributed by atoms with Crippen LogP contribution in [-0.4, -0.2) is 48.1 Å². The van der Waals surface area contributed by atoms with E-state index >= 15 is 0 Å². The summed E-state index contributed by atoms with van der Waals surface area (Å²) in [6.45, 7) is 3.71. The van der Waals surface area contributed by atoms with Gasteiger partial charge in [-0.15, -0.1) is 0 Å². The second kappa shape index (κ2) is 4.55. The highest BCUT2D eigenvalue weighted by atomic mass is 16.2. The van der Waals surface area contributed by atoms with Gasteiger partial charge in [-0.3, -0.25) is 9.78 Å². The molecule has 1 aliphatic heterocycles. The lowest BCUT2D eigenvalue weighted by atomic mass is 10.1. The maximum atomic E-state index is 12.0. The topological polar surface area (TPSA) is 72.2 Å². The first-order valence-electron chi connectivity index (χ1n) is 6.34. The van der Waals surface area contributed by atoms with Crippen molar-refractivity contribution in [3.63, 3.8) is 0 Å². The van der Waals surface area contributed by atoms with Crippen LogP contribution in [0.4, 0.5) is 5.69 Å². The molecular weight excluding hydrogens is 244 g/mol. The number of H-pyrrole nitrogens is 2. The fourth-order valence-corrected chi connectivity index (χ4v) is 2.51. The third-order valence-electron chi connectivity index (χ3n) is 3.59. The van der Waals surface area contributed by atoms with Gasteiger partial charge < -0.3 is 14.8 Å². The van der Waals surface area contributed by atoms with Gasteiger partial charge >= 0.3 is 5.69 Å². The Balaban J connectivity index is 2.14. The average molecular weight is 260 g/mol. The molecule has 1 aliphatic rings. The number of likely N-dealkylation sites (N-methyl/N-ethyl adjacent to an activating group) is 1. The minimum atomic E-state index is -0.465. The van der Waals surface area contributed by atoms with Gasteiger partial charge in [-0.2, -0.15) is 0 Å². The minimum absolute atomic E-state index is 0.326. The largest absolute Gasteiger partial charge is 0.368 e. The van der Waals surface area contributed by atoms with Crippen LogP contribution in [0.25, 0.3) is 10.9 Å². The summed E-state index contributed by atoms with van der Waals surface area (Å²) >= 11 is 0. The van der Waals surface area contributed by atoms with Crippen LogP contribution >= 0.6 is 0 Å². The molecule has 0 saturated carbocycles. The molecule has 2 aromatic rings. The Kier molecular flexibility index (Phi) is 2.87. The van der Waals surface area contributed by atoms with Gasteiger partial charge in [0.05, 0.1) is 16.6 Å². The molecule has 0 bridgehead atoms. The monoisotopic (exact) mass is 260 g/mol. The molecule has 0 unspecified atom stereocenters. The van der Waals surface area contributed by atoms with Crippen LogP contribution in [0.1, 0.15) is 0 Å². The van der Waals surface area contributed by atoms with Gasteiger partial charge in [0.2, 0.25) is 0 Å². The predicted molar refractivity (Wildman–Crippen MR) is 74.9 cm³/mol. The van der Waals surface area contributed by atoms with E-state index in [2.05, 4.69) is 26.8 Å².